The molecule has 2 saturated carbocycles. The third-order valence-corrected chi connectivity index (χ3v) is 10.5. The number of hydrogen-bond donors (Lipinski definition) is 1. The minimum absolute atomic E-state index is 0.00816. The van der Waals surface area contributed by atoms with E-state index in [1.165, 1.54) is 24.4 Å². The van der Waals surface area contributed by atoms with Gasteiger partial charge in [-0.1, -0.05) is 12.0 Å². The molecule has 2 aromatic carbocycles. The summed E-state index contributed by atoms with van der Waals surface area (Å²) in [5.41, 5.74) is 2.66. The Bertz CT molecular complexity index is 2250. The number of nitrogens with zero attached hydrogens (tertiary/aromatic N) is 5. The Hall–Kier alpha value is -4.21. The van der Waals surface area contributed by atoms with Crippen LogP contribution in [0.4, 0.5) is 29.1 Å². The topological polar surface area (TPSA) is 89.6 Å². The van der Waals surface area contributed by atoms with Crippen LogP contribution in [0.3, 0.4) is 0 Å². The maximum absolute atomic E-state index is 17.1. The molecule has 0 amide bonds. The largest absolute Gasteiger partial charge is 0.461 e. The number of terminal acetylenes is 1. The molecule has 5 atom stereocenters. The van der Waals surface area contributed by atoms with E-state index in [-0.39, 0.29) is 65.3 Å². The van der Waals surface area contributed by atoms with Crippen LogP contribution in [0.15, 0.2) is 30.5 Å². The fraction of sp³-hybridized carbons (Fsp3) is 0.457. The van der Waals surface area contributed by atoms with Crippen LogP contribution in [0.25, 0.3) is 32.9 Å². The Morgan fingerprint density at radius 1 is 1.23 bits per heavy atom. The number of alkyl halides is 2. The van der Waals surface area contributed by atoms with Crippen molar-refractivity contribution in [1.29, 1.82) is 0 Å². The highest BCUT2D eigenvalue weighted by molar-refractivity contribution is 6.03. The second-order valence-electron chi connectivity index (χ2n) is 13.1. The molecule has 5 heterocycles. The van der Waals surface area contributed by atoms with Crippen molar-refractivity contribution in [2.45, 2.75) is 49.6 Å². The Morgan fingerprint density at radius 3 is 2.89 bits per heavy atom. The molecule has 242 valence electrons. The van der Waals surface area contributed by atoms with E-state index in [4.69, 9.17) is 25.7 Å². The lowest BCUT2D eigenvalue weighted by Crippen LogP contribution is -2.49. The van der Waals surface area contributed by atoms with Gasteiger partial charge in [0.05, 0.1) is 39.9 Å². The number of pyridine rings is 1. The number of fused-ring (bicyclic) bond motifs is 5. The molecule has 2 aromatic heterocycles. The van der Waals surface area contributed by atoms with Crippen LogP contribution in [-0.4, -0.2) is 83.1 Å². The molecule has 3 aliphatic heterocycles. The highest BCUT2D eigenvalue weighted by Crippen LogP contribution is 2.66. The molecular weight excluding hydrogens is 612 g/mol. The zero-order chi connectivity index (χ0) is 36.7. The molecule has 9 rings (SSSR count). The minimum Gasteiger partial charge on any atom is -0.461 e. The summed E-state index contributed by atoms with van der Waals surface area (Å²) in [6.45, 7) is -5.23. The molecule has 2 aliphatic carbocycles. The summed E-state index contributed by atoms with van der Waals surface area (Å²) in [4.78, 5) is 15.9. The molecular formula is C35H32F4N6O2. The fourth-order valence-electron chi connectivity index (χ4n) is 7.82. The van der Waals surface area contributed by atoms with Crippen molar-refractivity contribution in [3.63, 3.8) is 0 Å². The summed E-state index contributed by atoms with van der Waals surface area (Å²) in [7, 11) is 0. The van der Waals surface area contributed by atoms with Gasteiger partial charge in [-0.25, -0.2) is 17.6 Å². The first-order valence-electron chi connectivity index (χ1n) is 18.0. The van der Waals surface area contributed by atoms with Gasteiger partial charge in [0, 0.05) is 51.0 Å². The maximum atomic E-state index is 17.1. The highest BCUT2D eigenvalue weighted by Gasteiger charge is 2.68. The fourth-order valence-corrected chi connectivity index (χ4v) is 7.82. The van der Waals surface area contributed by atoms with Gasteiger partial charge >= 0.3 is 6.01 Å². The van der Waals surface area contributed by atoms with E-state index in [9.17, 15) is 7.13 Å². The van der Waals surface area contributed by atoms with Crippen molar-refractivity contribution in [2.75, 3.05) is 50.0 Å². The van der Waals surface area contributed by atoms with Gasteiger partial charge in [0.1, 0.15) is 41.7 Å². The number of hydrogen-bond acceptors (Lipinski definition) is 8. The number of halogens is 4. The third kappa shape index (κ3) is 4.18. The van der Waals surface area contributed by atoms with Crippen LogP contribution in [0.2, 0.25) is 0 Å². The van der Waals surface area contributed by atoms with Crippen molar-refractivity contribution in [2.24, 2.45) is 11.3 Å². The summed E-state index contributed by atoms with van der Waals surface area (Å²) >= 11 is 0. The van der Waals surface area contributed by atoms with Crippen LogP contribution in [0.1, 0.15) is 38.1 Å². The Labute approximate surface area is 275 Å². The average Bonchev–Trinajstić information content (AvgIpc) is 3.95. The molecule has 5 aliphatic rings. The number of benzene rings is 2. The molecule has 0 unspecified atom stereocenters. The number of nitrogen functional groups attached to an aromatic ring is 1. The SMILES string of the molecule is [2H]C1([2H])CC2(CC2)[C@@]2(C([2H])([2H])Oc3nc(N4CCOC[C@H]5[C@H](F)[C@H]54)c4cnc(-c5cc(N)cc6ccc(F)c(C#C)c56)c(F)c4n3)C[C@@]([2H])(F)CN12. The smallest absolute Gasteiger partial charge is 0.319 e. The summed E-state index contributed by atoms with van der Waals surface area (Å²) in [6.07, 6.45) is 3.00. The zero-order valence-electron chi connectivity index (χ0n) is 30.0. The molecule has 8 nitrogen and oxygen atoms in total. The summed E-state index contributed by atoms with van der Waals surface area (Å²) < 4.78 is 119. The van der Waals surface area contributed by atoms with E-state index >= 15 is 13.2 Å². The van der Waals surface area contributed by atoms with E-state index in [1.807, 2.05) is 0 Å². The molecule has 3 saturated heterocycles. The number of ether oxygens (including phenoxy) is 2. The van der Waals surface area contributed by atoms with Gasteiger partial charge in [-0.3, -0.25) is 9.88 Å². The average molecular weight is 650 g/mol. The predicted octanol–water partition coefficient (Wildman–Crippen LogP) is 5.21. The highest BCUT2D eigenvalue weighted by atomic mass is 19.1. The second-order valence-corrected chi connectivity index (χ2v) is 13.1. The van der Waals surface area contributed by atoms with Gasteiger partial charge in [0.15, 0.2) is 5.82 Å². The van der Waals surface area contributed by atoms with Gasteiger partial charge in [-0.2, -0.15) is 9.97 Å². The lowest BCUT2D eigenvalue weighted by Gasteiger charge is -2.37. The van der Waals surface area contributed by atoms with E-state index in [0.29, 0.717) is 18.2 Å². The van der Waals surface area contributed by atoms with Crippen LogP contribution in [0, 0.1) is 35.3 Å². The van der Waals surface area contributed by atoms with E-state index < -0.39 is 84.4 Å². The molecule has 0 radical (unpaired) electrons. The number of anilines is 2. The molecule has 0 bridgehead atoms. The Balaban J connectivity index is 1.24. The molecule has 1 spiro atoms. The van der Waals surface area contributed by atoms with Crippen molar-refractivity contribution >= 4 is 33.2 Å². The summed E-state index contributed by atoms with van der Waals surface area (Å²) in [5.74, 6) is 0.0638. The Kier molecular flexibility index (Phi) is 5.18. The minimum atomic E-state index is -2.89. The van der Waals surface area contributed by atoms with Gasteiger partial charge in [0.2, 0.25) is 0 Å². The number of rotatable bonds is 5. The lowest BCUT2D eigenvalue weighted by atomic mass is 9.80. The Morgan fingerprint density at radius 2 is 2.09 bits per heavy atom. The van der Waals surface area contributed by atoms with Crippen molar-refractivity contribution in [3.8, 4) is 29.6 Å². The second kappa shape index (κ2) is 10.1. The third-order valence-electron chi connectivity index (χ3n) is 10.5. The quantitative estimate of drug-likeness (QED) is 0.179. The molecule has 47 heavy (non-hydrogen) atoms. The lowest BCUT2D eigenvalue weighted by molar-refractivity contribution is 0.0639. The molecule has 5 fully saturated rings. The first kappa shape index (κ1) is 24.0. The first-order valence-corrected chi connectivity index (χ1v) is 15.5. The van der Waals surface area contributed by atoms with E-state index in [1.54, 1.807) is 11.0 Å². The number of nitrogens with two attached hydrogens (primary N) is 1. The van der Waals surface area contributed by atoms with Crippen LogP contribution < -0.4 is 15.4 Å². The maximum Gasteiger partial charge on any atom is 0.319 e. The van der Waals surface area contributed by atoms with Crippen LogP contribution >= 0.6 is 0 Å². The molecule has 12 heteroatoms. The van der Waals surface area contributed by atoms with Crippen molar-refractivity contribution in [3.05, 3.63) is 47.7 Å². The molecule has 4 aromatic rings. The summed E-state index contributed by atoms with van der Waals surface area (Å²) in [5, 5.41) is 0.635. The number of aromatic nitrogens is 3. The van der Waals surface area contributed by atoms with Gasteiger partial charge in [-0.15, -0.1) is 6.42 Å². The first-order chi connectivity index (χ1) is 24.5. The predicted molar refractivity (Wildman–Crippen MR) is 168 cm³/mol. The zero-order valence-corrected chi connectivity index (χ0v) is 25.0. The molecule has 2 N–H and O–H groups in total. The van der Waals surface area contributed by atoms with Gasteiger partial charge < -0.3 is 20.1 Å². The van der Waals surface area contributed by atoms with Crippen LogP contribution in [0.5, 0.6) is 6.01 Å². The monoisotopic (exact) mass is 649 g/mol. The van der Waals surface area contributed by atoms with Crippen molar-refractivity contribution < 1.29 is 33.9 Å². The van der Waals surface area contributed by atoms with Crippen LogP contribution in [-0.2, 0) is 4.74 Å². The van der Waals surface area contributed by atoms with Gasteiger partial charge in [-0.05, 0) is 54.8 Å². The van der Waals surface area contributed by atoms with Gasteiger partial charge in [0.25, 0.3) is 0 Å². The van der Waals surface area contributed by atoms with Crippen molar-refractivity contribution in [1.82, 2.24) is 19.9 Å². The van der Waals surface area contributed by atoms with E-state index in [0.717, 1.165) is 4.90 Å². The summed E-state index contributed by atoms with van der Waals surface area (Å²) in [6, 6.07) is 4.22. The van der Waals surface area contributed by atoms with E-state index in [2.05, 4.69) is 20.9 Å². The normalized spacial score (nSPS) is 33.6. The standard InChI is InChI=1S/C35H32F4N6O2/c1-2-21-25(37)4-3-18-11-20(40)12-22(26(18)21)29-28(39)30-23(14-41-29)32(45-9-10-46-16-24-27(38)31(24)45)43-33(42-30)47-17-35-13-19(36)15-44(35)8-7-34(35)5-6-34/h1,3-4,11-12,14,19,24,27,31H,5-10,13,15-17,40H2/t19-,24+,27+,31+,35+/m1/s1/i8D2,17D2,19D.